The number of nitrogens with two attached hydrogens (primary N) is 1. The van der Waals surface area contributed by atoms with Gasteiger partial charge in [-0.15, -0.1) is 21.5 Å². The van der Waals surface area contributed by atoms with Crippen molar-refractivity contribution in [3.05, 3.63) is 65.4 Å². The lowest BCUT2D eigenvalue weighted by atomic mass is 10.2. The minimum Gasteiger partial charge on any atom is -0.496 e. The molecular weight excluding hydrogens is 397 g/mol. The Morgan fingerprint density at radius 2 is 1.86 bits per heavy atom. The monoisotopic (exact) mass is 413 g/mol. The molecule has 9 heteroatoms. The number of nitrogens with zero attached hydrogens (tertiary/aromatic N) is 4. The highest BCUT2D eigenvalue weighted by molar-refractivity contribution is 7.98. The predicted molar refractivity (Wildman–Crippen MR) is 109 cm³/mol. The molecule has 0 amide bonds. The van der Waals surface area contributed by atoms with E-state index in [0.29, 0.717) is 33.1 Å². The molecule has 2 aromatic heterocycles. The molecule has 0 atom stereocenters. The topological polar surface area (TPSA) is 78.9 Å². The Bertz CT molecular complexity index is 1110. The van der Waals surface area contributed by atoms with Crippen molar-refractivity contribution >= 4 is 23.1 Å². The summed E-state index contributed by atoms with van der Waals surface area (Å²) in [5, 5.41) is 11.5. The van der Waals surface area contributed by atoms with Crippen LogP contribution in [0.1, 0.15) is 5.69 Å². The zero-order valence-corrected chi connectivity index (χ0v) is 16.5. The molecule has 28 heavy (non-hydrogen) atoms. The molecule has 0 radical (unpaired) electrons. The van der Waals surface area contributed by atoms with Crippen LogP contribution in [-0.2, 0) is 5.75 Å². The van der Waals surface area contributed by atoms with Gasteiger partial charge in [0.2, 0.25) is 5.16 Å². The molecule has 0 saturated heterocycles. The highest BCUT2D eigenvalue weighted by Crippen LogP contribution is 2.31. The van der Waals surface area contributed by atoms with Crippen LogP contribution in [0.15, 0.2) is 59.1 Å². The van der Waals surface area contributed by atoms with Gasteiger partial charge in [-0.05, 0) is 24.3 Å². The number of para-hydroxylation sites is 1. The molecule has 0 unspecified atom stereocenters. The molecule has 4 aromatic rings. The number of hydrogen-bond donors (Lipinski definition) is 1. The summed E-state index contributed by atoms with van der Waals surface area (Å²) in [7, 11) is 1.60. The van der Waals surface area contributed by atoms with E-state index in [1.807, 2.05) is 29.6 Å². The first-order valence-corrected chi connectivity index (χ1v) is 10.2. The molecule has 6 nitrogen and oxygen atoms in total. The van der Waals surface area contributed by atoms with E-state index in [1.165, 1.54) is 33.8 Å². The van der Waals surface area contributed by atoms with Crippen LogP contribution >= 0.6 is 23.1 Å². The lowest BCUT2D eigenvalue weighted by Gasteiger charge is -2.07. The first-order valence-electron chi connectivity index (χ1n) is 8.33. The SMILES string of the molecule is COc1ccccc1-c1nnc(SCc2csc(-c3ccccc3F)n2)n1N. The van der Waals surface area contributed by atoms with Crippen molar-refractivity contribution in [1.29, 1.82) is 0 Å². The van der Waals surface area contributed by atoms with Crippen molar-refractivity contribution in [2.75, 3.05) is 13.0 Å². The number of ether oxygens (including phenoxy) is 1. The highest BCUT2D eigenvalue weighted by atomic mass is 32.2. The van der Waals surface area contributed by atoms with Crippen LogP contribution in [0.4, 0.5) is 4.39 Å². The van der Waals surface area contributed by atoms with Gasteiger partial charge in [0.1, 0.15) is 16.6 Å². The number of halogens is 1. The second kappa shape index (κ2) is 7.99. The van der Waals surface area contributed by atoms with Gasteiger partial charge in [-0.2, -0.15) is 0 Å². The first-order chi connectivity index (χ1) is 13.7. The molecule has 0 bridgehead atoms. The third-order valence-electron chi connectivity index (χ3n) is 4.02. The summed E-state index contributed by atoms with van der Waals surface area (Å²) in [5.74, 6) is 7.65. The van der Waals surface area contributed by atoms with Crippen molar-refractivity contribution in [2.45, 2.75) is 10.9 Å². The molecule has 0 aliphatic heterocycles. The van der Waals surface area contributed by atoms with Crippen LogP contribution in [0.2, 0.25) is 0 Å². The van der Waals surface area contributed by atoms with E-state index in [-0.39, 0.29) is 5.82 Å². The lowest BCUT2D eigenvalue weighted by molar-refractivity contribution is 0.416. The lowest BCUT2D eigenvalue weighted by Crippen LogP contribution is -2.12. The summed E-state index contributed by atoms with van der Waals surface area (Å²) >= 11 is 2.82. The molecule has 0 fully saturated rings. The molecule has 0 saturated carbocycles. The molecule has 0 spiro atoms. The van der Waals surface area contributed by atoms with Gasteiger partial charge in [-0.3, -0.25) is 0 Å². The normalized spacial score (nSPS) is 10.9. The van der Waals surface area contributed by atoms with E-state index >= 15 is 0 Å². The van der Waals surface area contributed by atoms with Gasteiger partial charge in [-0.1, -0.05) is 36.0 Å². The average Bonchev–Trinajstić information content (AvgIpc) is 3.33. The van der Waals surface area contributed by atoms with E-state index < -0.39 is 0 Å². The molecule has 2 N–H and O–H groups in total. The fraction of sp³-hybridized carbons (Fsp3) is 0.105. The first kappa shape index (κ1) is 18.5. The zero-order chi connectivity index (χ0) is 19.5. The molecule has 4 rings (SSSR count). The summed E-state index contributed by atoms with van der Waals surface area (Å²) in [6.45, 7) is 0. The Balaban J connectivity index is 1.51. The van der Waals surface area contributed by atoms with Crippen LogP contribution < -0.4 is 10.6 Å². The summed E-state index contributed by atoms with van der Waals surface area (Å²) in [4.78, 5) is 4.52. The van der Waals surface area contributed by atoms with E-state index in [0.717, 1.165) is 11.3 Å². The van der Waals surface area contributed by atoms with E-state index in [9.17, 15) is 4.39 Å². The van der Waals surface area contributed by atoms with Crippen molar-refractivity contribution < 1.29 is 9.13 Å². The second-order valence-electron chi connectivity index (χ2n) is 5.79. The summed E-state index contributed by atoms with van der Waals surface area (Å²) in [5.41, 5.74) is 2.10. The molecule has 2 heterocycles. The quantitative estimate of drug-likeness (QED) is 0.377. The van der Waals surface area contributed by atoms with Crippen molar-refractivity contribution in [1.82, 2.24) is 19.9 Å². The number of thiazole rings is 1. The zero-order valence-electron chi connectivity index (χ0n) is 14.9. The number of hydrogen-bond acceptors (Lipinski definition) is 7. The average molecular weight is 414 g/mol. The molecule has 2 aromatic carbocycles. The molecule has 142 valence electrons. The predicted octanol–water partition coefficient (Wildman–Crippen LogP) is 4.22. The van der Waals surface area contributed by atoms with Crippen LogP contribution in [0, 0.1) is 5.82 Å². The number of benzene rings is 2. The van der Waals surface area contributed by atoms with E-state index in [2.05, 4.69) is 15.2 Å². The molecule has 0 aliphatic rings. The van der Waals surface area contributed by atoms with Crippen LogP contribution in [0.3, 0.4) is 0 Å². The molecule has 0 aliphatic carbocycles. The van der Waals surface area contributed by atoms with E-state index in [4.69, 9.17) is 10.6 Å². The maximum Gasteiger partial charge on any atom is 0.210 e. The Kier molecular flexibility index (Phi) is 5.27. The van der Waals surface area contributed by atoms with Crippen molar-refractivity contribution in [3.63, 3.8) is 0 Å². The maximum atomic E-state index is 13.9. The fourth-order valence-corrected chi connectivity index (χ4v) is 4.36. The summed E-state index contributed by atoms with van der Waals surface area (Å²) in [6, 6.07) is 14.1. The summed E-state index contributed by atoms with van der Waals surface area (Å²) < 4.78 is 20.7. The standard InChI is InChI=1S/C19H16FN5OS2/c1-26-16-9-5-3-7-14(16)17-23-24-19(25(17)21)28-11-12-10-27-18(22-12)13-6-2-4-8-15(13)20/h2-10H,11,21H2,1H3. The number of thioether (sulfide) groups is 1. The largest absolute Gasteiger partial charge is 0.496 e. The summed E-state index contributed by atoms with van der Waals surface area (Å²) in [6.07, 6.45) is 0. The van der Waals surface area contributed by atoms with E-state index in [1.54, 1.807) is 25.3 Å². The third kappa shape index (κ3) is 3.58. The number of methoxy groups -OCH3 is 1. The maximum absolute atomic E-state index is 13.9. The van der Waals surface area contributed by atoms with Gasteiger partial charge < -0.3 is 10.6 Å². The Morgan fingerprint density at radius 1 is 1.11 bits per heavy atom. The molecular formula is C19H16FN5OS2. The van der Waals surface area contributed by atoms with Crippen LogP contribution in [-0.4, -0.2) is 27.0 Å². The van der Waals surface area contributed by atoms with Crippen LogP contribution in [0.25, 0.3) is 22.0 Å². The number of rotatable bonds is 6. The van der Waals surface area contributed by atoms with Gasteiger partial charge in [0.15, 0.2) is 5.82 Å². The number of aromatic nitrogens is 4. The Morgan fingerprint density at radius 3 is 2.64 bits per heavy atom. The van der Waals surface area contributed by atoms with Gasteiger partial charge in [0.05, 0.1) is 18.4 Å². The van der Waals surface area contributed by atoms with Crippen molar-refractivity contribution in [3.8, 4) is 27.7 Å². The Hall–Kier alpha value is -2.91. The number of nitrogen functional groups attached to an aromatic ring is 1. The van der Waals surface area contributed by atoms with Gasteiger partial charge >= 0.3 is 0 Å². The minimum atomic E-state index is -0.279. The second-order valence-corrected chi connectivity index (χ2v) is 7.59. The van der Waals surface area contributed by atoms with Gasteiger partial charge in [0.25, 0.3) is 0 Å². The smallest absolute Gasteiger partial charge is 0.210 e. The fourth-order valence-electron chi connectivity index (χ4n) is 2.66. The van der Waals surface area contributed by atoms with Gasteiger partial charge in [0, 0.05) is 16.7 Å². The van der Waals surface area contributed by atoms with Crippen molar-refractivity contribution in [2.24, 2.45) is 0 Å². The Labute approximate surface area is 169 Å². The highest BCUT2D eigenvalue weighted by Gasteiger charge is 2.16. The minimum absolute atomic E-state index is 0.279. The van der Waals surface area contributed by atoms with Crippen LogP contribution in [0.5, 0.6) is 5.75 Å². The third-order valence-corrected chi connectivity index (χ3v) is 5.92. The van der Waals surface area contributed by atoms with Gasteiger partial charge in [-0.25, -0.2) is 14.1 Å².